The van der Waals surface area contributed by atoms with Crippen LogP contribution in [0.2, 0.25) is 0 Å². The second kappa shape index (κ2) is 28.0. The van der Waals surface area contributed by atoms with Gasteiger partial charge in [-0.05, 0) is 57.8 Å². The molecule has 0 fully saturated rings. The van der Waals surface area contributed by atoms with E-state index in [1.807, 2.05) is 28.1 Å². The van der Waals surface area contributed by atoms with Crippen LogP contribution in [0, 0.1) is 0 Å². The number of allylic oxidation sites excluding steroid dienone is 4. The first kappa shape index (κ1) is 41.5. The van der Waals surface area contributed by atoms with E-state index >= 15 is 0 Å². The Hall–Kier alpha value is -0.490. The van der Waals surface area contributed by atoms with E-state index in [-0.39, 0.29) is 13.2 Å². The molecule has 3 atom stereocenters. The summed E-state index contributed by atoms with van der Waals surface area (Å²) in [6, 6.07) is 0. The predicted octanol–water partition coefficient (Wildman–Crippen LogP) is 9.94. The molecule has 0 aromatic heterocycles. The Labute approximate surface area is 261 Å². The third kappa shape index (κ3) is 26.0. The van der Waals surface area contributed by atoms with Crippen molar-refractivity contribution in [1.29, 1.82) is 0 Å². The van der Waals surface area contributed by atoms with Crippen LogP contribution in [0.3, 0.4) is 0 Å². The summed E-state index contributed by atoms with van der Waals surface area (Å²) in [6.45, 7) is 4.67. The molecule has 2 N–H and O–H groups in total. The minimum atomic E-state index is -3.81. The van der Waals surface area contributed by atoms with Gasteiger partial charge in [0.1, 0.15) is 6.10 Å². The Balaban J connectivity index is 3.46. The maximum absolute atomic E-state index is 12.5. The number of aliphatic hydroxyl groups is 1. The highest BCUT2D eigenvalue weighted by Gasteiger charge is 2.41. The lowest BCUT2D eigenvalue weighted by Crippen LogP contribution is -2.45. The minimum Gasteiger partial charge on any atom is -0.388 e. The van der Waals surface area contributed by atoms with Crippen LogP contribution in [-0.4, -0.2) is 67.3 Å². The van der Waals surface area contributed by atoms with Crippen molar-refractivity contribution in [2.24, 2.45) is 0 Å². The Kier molecular flexibility index (Phi) is 27.7. The number of hydrogen-bond donors (Lipinski definition) is 2. The molecule has 0 heterocycles. The second-order valence-corrected chi connectivity index (χ2v) is 15.0. The number of aliphatic hydroxyl groups excluding tert-OH is 1. The molecule has 2 unspecified atom stereocenters. The van der Waals surface area contributed by atoms with Crippen molar-refractivity contribution in [2.45, 2.75) is 161 Å². The molecule has 250 valence electrons. The lowest BCUT2D eigenvalue weighted by molar-refractivity contribution is -0.883. The van der Waals surface area contributed by atoms with Gasteiger partial charge in [0.15, 0.2) is 5.78 Å². The third-order valence-electron chi connectivity index (χ3n) is 7.86. The molecule has 42 heavy (non-hydrogen) atoms. The Morgan fingerprint density at radius 2 is 1.05 bits per heavy atom. The average molecular weight is 617 g/mol. The smallest absolute Gasteiger partial charge is 0.385 e. The molecule has 7 heteroatoms. The molecule has 6 nitrogen and oxygen atoms in total. The maximum Gasteiger partial charge on any atom is 0.385 e. The zero-order valence-electron chi connectivity index (χ0n) is 28.4. The molecule has 0 saturated carbocycles. The van der Waals surface area contributed by atoms with Crippen molar-refractivity contribution in [2.75, 3.05) is 41.0 Å². The number of nitrogens with zero attached hydrogens (tertiary/aromatic N) is 1. The van der Waals surface area contributed by atoms with Gasteiger partial charge in [-0.15, -0.1) is 0 Å². The minimum absolute atomic E-state index is 0.123. The zero-order chi connectivity index (χ0) is 31.4. The number of quaternary nitrogens is 1. The summed E-state index contributed by atoms with van der Waals surface area (Å²) < 4.78 is 23.7. The van der Waals surface area contributed by atoms with Gasteiger partial charge in [-0.25, -0.2) is 0 Å². The van der Waals surface area contributed by atoms with Gasteiger partial charge in [0, 0.05) is 13.0 Å². The van der Waals surface area contributed by atoms with Crippen LogP contribution in [0.15, 0.2) is 24.3 Å². The highest BCUT2D eigenvalue weighted by molar-refractivity contribution is 7.53. The zero-order valence-corrected chi connectivity index (χ0v) is 29.3. The molecule has 0 aromatic carbocycles. The third-order valence-corrected chi connectivity index (χ3v) is 10.2. The highest BCUT2D eigenvalue weighted by Crippen LogP contribution is 2.51. The Morgan fingerprint density at radius 1 is 0.643 bits per heavy atom. The van der Waals surface area contributed by atoms with Gasteiger partial charge < -0.3 is 23.7 Å². The molecule has 0 saturated heterocycles. The predicted molar refractivity (Wildman–Crippen MR) is 181 cm³/mol. The summed E-state index contributed by atoms with van der Waals surface area (Å²) >= 11 is 0. The molecule has 0 radical (unpaired) electrons. The van der Waals surface area contributed by atoms with E-state index in [1.165, 1.54) is 103 Å². The number of hydrogen-bond acceptors (Lipinski definition) is 4. The summed E-state index contributed by atoms with van der Waals surface area (Å²) in [5.74, 6) is -0.517. The van der Waals surface area contributed by atoms with Gasteiger partial charge in [0.25, 0.3) is 0 Å². The van der Waals surface area contributed by atoms with E-state index in [1.54, 1.807) is 0 Å². The summed E-state index contributed by atoms with van der Waals surface area (Å²) in [7, 11) is 1.80. The van der Waals surface area contributed by atoms with Crippen molar-refractivity contribution in [1.82, 2.24) is 0 Å². The Bertz CT molecular complexity index is 691. The van der Waals surface area contributed by atoms with Crippen LogP contribution >= 0.6 is 7.60 Å². The van der Waals surface area contributed by atoms with Gasteiger partial charge in [-0.1, -0.05) is 109 Å². The van der Waals surface area contributed by atoms with Crippen LogP contribution in [0.4, 0.5) is 0 Å². The summed E-state index contributed by atoms with van der Waals surface area (Å²) in [4.78, 5) is 10.3. The standard InChI is InChI=1S/C35H70NO5P/c1-6-8-9-10-11-12-13-14-15-16-17-18-19-20-21-22-23-24-25-26-27-28-29-30-31-40-32-34(37)33-41-42(38,39)35(7-2)36(3,4)5/h13-14,25-26,34-35,37H,6-12,15-24,27-33H2,1-5H3/p+1/b14-13-,26-25-/t34-,35?/m1/s1. The molecule has 0 bridgehead atoms. The molecule has 0 aliphatic rings. The summed E-state index contributed by atoms with van der Waals surface area (Å²) in [6.07, 6.45) is 35.0. The molecular formula is C35H71NO5P+. The van der Waals surface area contributed by atoms with Gasteiger partial charge in [0.05, 0.1) is 34.4 Å². The molecule has 0 aliphatic carbocycles. The van der Waals surface area contributed by atoms with Gasteiger partial charge in [-0.3, -0.25) is 4.57 Å². The fourth-order valence-electron chi connectivity index (χ4n) is 5.33. The molecule has 0 amide bonds. The van der Waals surface area contributed by atoms with Crippen molar-refractivity contribution in [3.05, 3.63) is 24.3 Å². The number of ether oxygens (including phenoxy) is 1. The monoisotopic (exact) mass is 617 g/mol. The van der Waals surface area contributed by atoms with E-state index < -0.39 is 19.5 Å². The molecule has 0 rings (SSSR count). The lowest BCUT2D eigenvalue weighted by Gasteiger charge is -2.35. The van der Waals surface area contributed by atoms with Crippen molar-refractivity contribution in [3.8, 4) is 0 Å². The summed E-state index contributed by atoms with van der Waals surface area (Å²) in [5.41, 5.74) is 0. The largest absolute Gasteiger partial charge is 0.388 e. The van der Waals surface area contributed by atoms with Crippen LogP contribution in [-0.2, 0) is 13.8 Å². The second-order valence-electron chi connectivity index (χ2n) is 13.0. The first-order chi connectivity index (χ1) is 20.1. The molecular weight excluding hydrogens is 545 g/mol. The van der Waals surface area contributed by atoms with Gasteiger partial charge in [-0.2, -0.15) is 0 Å². The molecule has 0 aromatic rings. The van der Waals surface area contributed by atoms with Gasteiger partial charge in [0.2, 0.25) is 0 Å². The lowest BCUT2D eigenvalue weighted by atomic mass is 10.1. The van der Waals surface area contributed by atoms with Crippen LogP contribution < -0.4 is 0 Å². The fourth-order valence-corrected chi connectivity index (χ4v) is 7.22. The summed E-state index contributed by atoms with van der Waals surface area (Å²) in [5, 5.41) is 10.1. The highest BCUT2D eigenvalue weighted by atomic mass is 31.2. The van der Waals surface area contributed by atoms with E-state index in [4.69, 9.17) is 9.26 Å². The topological polar surface area (TPSA) is 76.0 Å². The average Bonchev–Trinajstić information content (AvgIpc) is 2.93. The van der Waals surface area contributed by atoms with E-state index in [9.17, 15) is 14.6 Å². The van der Waals surface area contributed by atoms with Crippen LogP contribution in [0.1, 0.15) is 149 Å². The number of rotatable bonds is 31. The van der Waals surface area contributed by atoms with Crippen LogP contribution in [0.5, 0.6) is 0 Å². The number of unbranched alkanes of at least 4 members (excludes halogenated alkanes) is 17. The van der Waals surface area contributed by atoms with Crippen molar-refractivity contribution >= 4 is 7.60 Å². The fraction of sp³-hybridized carbons (Fsp3) is 0.886. The van der Waals surface area contributed by atoms with Crippen molar-refractivity contribution < 1.29 is 28.3 Å². The van der Waals surface area contributed by atoms with Crippen LogP contribution in [0.25, 0.3) is 0 Å². The van der Waals surface area contributed by atoms with E-state index in [0.29, 0.717) is 17.5 Å². The SMILES string of the molecule is CCCCCCC/C=C\CCCCCCCCCC/C=C\CCCCCOC[C@@H](O)COP(=O)(O)C(CC)[N+](C)(C)C. The van der Waals surface area contributed by atoms with Gasteiger partial charge >= 0.3 is 7.60 Å². The quantitative estimate of drug-likeness (QED) is 0.0351. The normalized spacial score (nSPS) is 15.5. The Morgan fingerprint density at radius 3 is 1.45 bits per heavy atom. The van der Waals surface area contributed by atoms with Crippen molar-refractivity contribution in [3.63, 3.8) is 0 Å². The van der Waals surface area contributed by atoms with E-state index in [2.05, 4.69) is 31.2 Å². The maximum atomic E-state index is 12.5. The first-order valence-electron chi connectivity index (χ1n) is 17.5. The molecule has 0 aliphatic heterocycles. The first-order valence-corrected chi connectivity index (χ1v) is 19.1. The van der Waals surface area contributed by atoms with E-state index in [0.717, 1.165) is 25.7 Å². The molecule has 0 spiro atoms.